The summed E-state index contributed by atoms with van der Waals surface area (Å²) in [7, 11) is 0. The van der Waals surface area contributed by atoms with Crippen molar-refractivity contribution < 1.29 is 4.79 Å². The third kappa shape index (κ3) is 2.82. The fraction of sp³-hybridized carbons (Fsp3) is 0.294. The predicted molar refractivity (Wildman–Crippen MR) is 93.4 cm³/mol. The largest absolute Gasteiger partial charge is 0.300 e. The van der Waals surface area contributed by atoms with Gasteiger partial charge in [-0.05, 0) is 38.0 Å². The number of thiazole rings is 1. The molecule has 1 amide bonds. The van der Waals surface area contributed by atoms with E-state index in [4.69, 9.17) is 0 Å². The van der Waals surface area contributed by atoms with Gasteiger partial charge in [0.25, 0.3) is 11.5 Å². The molecule has 0 spiro atoms. The van der Waals surface area contributed by atoms with Gasteiger partial charge in [0.15, 0.2) is 5.13 Å². The van der Waals surface area contributed by atoms with Crippen molar-refractivity contribution in [3.63, 3.8) is 0 Å². The molecule has 1 atom stereocenters. The van der Waals surface area contributed by atoms with Crippen molar-refractivity contribution >= 4 is 32.6 Å². The summed E-state index contributed by atoms with van der Waals surface area (Å²) in [6.07, 6.45) is 2.19. The number of nitrogens with one attached hydrogen (secondary N) is 1. The van der Waals surface area contributed by atoms with Crippen LogP contribution in [-0.2, 0) is 4.79 Å². The molecule has 0 saturated heterocycles. The van der Waals surface area contributed by atoms with Gasteiger partial charge < -0.3 is 5.32 Å². The number of amides is 1. The van der Waals surface area contributed by atoms with Gasteiger partial charge in [-0.2, -0.15) is 5.10 Å². The van der Waals surface area contributed by atoms with Gasteiger partial charge in [-0.1, -0.05) is 23.5 Å². The number of hydrogen-bond acceptors (Lipinski definition) is 5. The Morgan fingerprint density at radius 2 is 2.08 bits per heavy atom. The van der Waals surface area contributed by atoms with E-state index in [0.29, 0.717) is 11.0 Å². The number of carbonyl (C=O) groups excluding carboxylic acids is 1. The summed E-state index contributed by atoms with van der Waals surface area (Å²) in [5.74, 6) is 0.132. The second-order valence-electron chi connectivity index (χ2n) is 5.97. The van der Waals surface area contributed by atoms with Crippen molar-refractivity contribution in [2.45, 2.75) is 31.7 Å². The lowest BCUT2D eigenvalue weighted by molar-refractivity contribution is -0.119. The third-order valence-electron chi connectivity index (χ3n) is 4.11. The number of carbonyl (C=O) groups is 1. The van der Waals surface area contributed by atoms with Crippen molar-refractivity contribution in [1.82, 2.24) is 14.8 Å². The SMILES string of the molecule is C[C@H](C(=O)Nc1nc2ccccc2s1)n1nc(C2CC2)ccc1=O. The Bertz CT molecular complexity index is 941. The summed E-state index contributed by atoms with van der Waals surface area (Å²) in [6.45, 7) is 1.67. The van der Waals surface area contributed by atoms with Crippen LogP contribution in [-0.4, -0.2) is 20.7 Å². The molecule has 1 saturated carbocycles. The van der Waals surface area contributed by atoms with Crippen LogP contribution in [0.15, 0.2) is 41.2 Å². The van der Waals surface area contributed by atoms with Crippen LogP contribution in [0.1, 0.15) is 37.4 Å². The highest BCUT2D eigenvalue weighted by molar-refractivity contribution is 7.22. The maximum Gasteiger partial charge on any atom is 0.267 e. The second-order valence-corrected chi connectivity index (χ2v) is 7.00. The normalized spacial score (nSPS) is 15.4. The zero-order valence-electron chi connectivity index (χ0n) is 13.1. The minimum absolute atomic E-state index is 0.272. The Kier molecular flexibility index (Phi) is 3.65. The Morgan fingerprint density at radius 1 is 1.29 bits per heavy atom. The highest BCUT2D eigenvalue weighted by atomic mass is 32.1. The molecular formula is C17H16N4O2S. The number of hydrogen-bond donors (Lipinski definition) is 1. The van der Waals surface area contributed by atoms with Crippen molar-refractivity contribution in [1.29, 1.82) is 0 Å². The fourth-order valence-corrected chi connectivity index (χ4v) is 3.43. The van der Waals surface area contributed by atoms with Crippen molar-refractivity contribution in [2.24, 2.45) is 0 Å². The minimum Gasteiger partial charge on any atom is -0.300 e. The molecule has 0 bridgehead atoms. The Hall–Kier alpha value is -2.54. The van der Waals surface area contributed by atoms with Crippen molar-refractivity contribution in [3.05, 3.63) is 52.4 Å². The van der Waals surface area contributed by atoms with Gasteiger partial charge in [-0.25, -0.2) is 9.67 Å². The Morgan fingerprint density at radius 3 is 2.83 bits per heavy atom. The third-order valence-corrected chi connectivity index (χ3v) is 5.06. The summed E-state index contributed by atoms with van der Waals surface area (Å²) in [6, 6.07) is 10.2. The first-order valence-electron chi connectivity index (χ1n) is 7.88. The summed E-state index contributed by atoms with van der Waals surface area (Å²) in [4.78, 5) is 28.9. The van der Waals surface area contributed by atoms with E-state index in [0.717, 1.165) is 28.8 Å². The van der Waals surface area contributed by atoms with E-state index in [-0.39, 0.29) is 11.5 Å². The second kappa shape index (κ2) is 5.83. The lowest BCUT2D eigenvalue weighted by atomic mass is 10.2. The molecule has 4 rings (SSSR count). The molecule has 1 aliphatic rings. The molecule has 1 fully saturated rings. The average molecular weight is 340 g/mol. The zero-order valence-corrected chi connectivity index (χ0v) is 13.9. The van der Waals surface area contributed by atoms with E-state index >= 15 is 0 Å². The van der Waals surface area contributed by atoms with Gasteiger partial charge in [0.2, 0.25) is 0 Å². The Labute approximate surface area is 142 Å². The molecule has 2 heterocycles. The van der Waals surface area contributed by atoms with Crippen LogP contribution in [0.3, 0.4) is 0 Å². The quantitative estimate of drug-likeness (QED) is 0.792. The number of rotatable bonds is 4. The van der Waals surface area contributed by atoms with E-state index in [1.54, 1.807) is 13.0 Å². The molecule has 122 valence electrons. The van der Waals surface area contributed by atoms with Crippen molar-refractivity contribution in [3.8, 4) is 0 Å². The minimum atomic E-state index is -0.691. The van der Waals surface area contributed by atoms with E-state index in [2.05, 4.69) is 15.4 Å². The van der Waals surface area contributed by atoms with Crippen LogP contribution >= 0.6 is 11.3 Å². The van der Waals surface area contributed by atoms with Crippen LogP contribution in [0.2, 0.25) is 0 Å². The number of benzene rings is 1. The first-order chi connectivity index (χ1) is 11.6. The molecule has 2 aromatic heterocycles. The molecule has 1 N–H and O–H groups in total. The first-order valence-corrected chi connectivity index (χ1v) is 8.69. The smallest absolute Gasteiger partial charge is 0.267 e. The predicted octanol–water partition coefficient (Wildman–Crippen LogP) is 2.93. The summed E-state index contributed by atoms with van der Waals surface area (Å²) in [5, 5.41) is 7.68. The zero-order chi connectivity index (χ0) is 16.7. The molecule has 7 heteroatoms. The molecular weight excluding hydrogens is 324 g/mol. The summed E-state index contributed by atoms with van der Waals surface area (Å²) in [5.41, 5.74) is 1.46. The number of fused-ring (bicyclic) bond motifs is 1. The van der Waals surface area contributed by atoms with Crippen LogP contribution in [0.4, 0.5) is 5.13 Å². The highest BCUT2D eigenvalue weighted by Crippen LogP contribution is 2.38. The molecule has 1 aromatic carbocycles. The van der Waals surface area contributed by atoms with Crippen LogP contribution in [0.25, 0.3) is 10.2 Å². The standard InChI is InChI=1S/C17H16N4O2S/c1-10(21-15(22)9-8-12(20-21)11-6-7-11)16(23)19-17-18-13-4-2-3-5-14(13)24-17/h2-5,8-11H,6-7H2,1H3,(H,18,19,23)/t10-/m1/s1. The van der Waals surface area contributed by atoms with E-state index in [9.17, 15) is 9.59 Å². The topological polar surface area (TPSA) is 76.9 Å². The van der Waals surface area contributed by atoms with E-state index in [1.165, 1.54) is 22.1 Å². The highest BCUT2D eigenvalue weighted by Gasteiger charge is 2.27. The lowest BCUT2D eigenvalue weighted by Crippen LogP contribution is -2.33. The first kappa shape index (κ1) is 15.0. The van der Waals surface area contributed by atoms with Crippen LogP contribution in [0.5, 0.6) is 0 Å². The number of para-hydroxylation sites is 1. The van der Waals surface area contributed by atoms with Gasteiger partial charge in [0.1, 0.15) is 6.04 Å². The molecule has 1 aliphatic carbocycles. The average Bonchev–Trinajstić information content (AvgIpc) is 3.34. The molecule has 0 unspecified atom stereocenters. The van der Waals surface area contributed by atoms with Crippen LogP contribution < -0.4 is 10.9 Å². The van der Waals surface area contributed by atoms with Gasteiger partial charge in [0.05, 0.1) is 15.9 Å². The lowest BCUT2D eigenvalue weighted by Gasteiger charge is -2.13. The number of anilines is 1. The van der Waals surface area contributed by atoms with Gasteiger partial charge in [-0.15, -0.1) is 0 Å². The maximum absolute atomic E-state index is 12.5. The van der Waals surface area contributed by atoms with E-state index in [1.807, 2.05) is 24.3 Å². The maximum atomic E-state index is 12.5. The summed E-state index contributed by atoms with van der Waals surface area (Å²) >= 11 is 1.41. The molecule has 0 aliphatic heterocycles. The molecule has 3 aromatic rings. The molecule has 0 radical (unpaired) electrons. The van der Waals surface area contributed by atoms with Gasteiger partial charge in [-0.3, -0.25) is 9.59 Å². The monoisotopic (exact) mass is 340 g/mol. The van der Waals surface area contributed by atoms with Gasteiger partial charge in [0, 0.05) is 12.0 Å². The number of aromatic nitrogens is 3. The summed E-state index contributed by atoms with van der Waals surface area (Å²) < 4.78 is 2.27. The number of nitrogens with zero attached hydrogens (tertiary/aromatic N) is 3. The van der Waals surface area contributed by atoms with Crippen LogP contribution in [0, 0.1) is 0 Å². The molecule has 24 heavy (non-hydrogen) atoms. The Balaban J connectivity index is 1.57. The van der Waals surface area contributed by atoms with Crippen molar-refractivity contribution in [2.75, 3.05) is 5.32 Å². The fourth-order valence-electron chi connectivity index (χ4n) is 2.56. The van der Waals surface area contributed by atoms with Gasteiger partial charge >= 0.3 is 0 Å². The van der Waals surface area contributed by atoms with E-state index < -0.39 is 6.04 Å². The molecule has 6 nitrogen and oxygen atoms in total.